The predicted octanol–water partition coefficient (Wildman–Crippen LogP) is 7.14. The summed E-state index contributed by atoms with van der Waals surface area (Å²) in [5, 5.41) is 0. The second kappa shape index (κ2) is 8.75. The summed E-state index contributed by atoms with van der Waals surface area (Å²) in [5.74, 6) is 0. The van der Waals surface area contributed by atoms with E-state index in [0.29, 0.717) is 0 Å². The molecule has 1 unspecified atom stereocenters. The van der Waals surface area contributed by atoms with E-state index in [1.165, 1.54) is 33.4 Å². The summed E-state index contributed by atoms with van der Waals surface area (Å²) >= 11 is 0. The van der Waals surface area contributed by atoms with Gasteiger partial charge < -0.3 is 4.74 Å². The molecule has 146 valence electrons. The van der Waals surface area contributed by atoms with Crippen LogP contribution in [0.1, 0.15) is 62.5 Å². The summed E-state index contributed by atoms with van der Waals surface area (Å²) < 4.78 is 6.51. The second-order valence-corrected chi connectivity index (χ2v) is 8.07. The molecule has 0 N–H and O–H groups in total. The monoisotopic (exact) mass is 372 g/mol. The van der Waals surface area contributed by atoms with Crippen LogP contribution in [0.3, 0.4) is 0 Å². The Labute approximate surface area is 170 Å². The van der Waals surface area contributed by atoms with Gasteiger partial charge in [-0.15, -0.1) is 0 Å². The van der Waals surface area contributed by atoms with Crippen LogP contribution in [0.15, 0.2) is 84.5 Å². The van der Waals surface area contributed by atoms with Crippen LogP contribution in [0.4, 0.5) is 0 Å². The topological polar surface area (TPSA) is 9.23 Å². The zero-order valence-electron chi connectivity index (χ0n) is 17.7. The smallest absolute Gasteiger partial charge is 0.109 e. The molecule has 0 aromatic heterocycles. The average Bonchev–Trinajstić information content (AvgIpc) is 2.68. The molecule has 0 amide bonds. The van der Waals surface area contributed by atoms with E-state index >= 15 is 0 Å². The molecule has 1 heteroatoms. The number of hydrogen-bond acceptors (Lipinski definition) is 1. The first kappa shape index (κ1) is 20.4. The van der Waals surface area contributed by atoms with Gasteiger partial charge in [0.15, 0.2) is 0 Å². The van der Waals surface area contributed by atoms with Crippen molar-refractivity contribution in [3.05, 3.63) is 107 Å². The first-order valence-electron chi connectivity index (χ1n) is 10.4. The summed E-state index contributed by atoms with van der Waals surface area (Å²) in [6.45, 7) is 12.5. The number of ether oxygens (including phenoxy) is 1. The van der Waals surface area contributed by atoms with Crippen LogP contribution in [-0.2, 0) is 17.6 Å². The zero-order valence-corrected chi connectivity index (χ0v) is 17.7. The summed E-state index contributed by atoms with van der Waals surface area (Å²) in [4.78, 5) is 0. The highest BCUT2D eigenvalue weighted by molar-refractivity contribution is 5.41. The molecule has 0 radical (unpaired) electrons. The maximum atomic E-state index is 6.51. The molecule has 1 heterocycles. The highest BCUT2D eigenvalue weighted by Crippen LogP contribution is 2.39. The maximum Gasteiger partial charge on any atom is 0.109 e. The van der Waals surface area contributed by atoms with E-state index in [1.54, 1.807) is 0 Å². The van der Waals surface area contributed by atoms with Gasteiger partial charge in [0.2, 0.25) is 0 Å². The van der Waals surface area contributed by atoms with Gasteiger partial charge in [-0.2, -0.15) is 0 Å². The fraction of sp³-hybridized carbons (Fsp3) is 0.333. The molecule has 0 saturated carbocycles. The molecule has 1 nitrogen and oxygen atoms in total. The molecule has 1 aliphatic carbocycles. The standard InChI is InChI=1S/C25H26O.C2H6/c1-18-8-6-9-19(14-18)15-20-10-7-12-21(16-20)24-23-13-5-4-11-22(23)17-25(2,3)26-24;1-2/h4-13,16,24H,1,14-15,17H2,2-3H3;1-2H3. The van der Waals surface area contributed by atoms with E-state index in [2.05, 4.69) is 87.2 Å². The molecule has 4 rings (SSSR count). The Kier molecular flexibility index (Phi) is 6.36. The summed E-state index contributed by atoms with van der Waals surface area (Å²) in [6, 6.07) is 17.6. The molecule has 2 aromatic rings. The van der Waals surface area contributed by atoms with E-state index in [0.717, 1.165) is 19.3 Å². The lowest BCUT2D eigenvalue weighted by atomic mass is 9.85. The molecular weight excluding hydrogens is 340 g/mol. The van der Waals surface area contributed by atoms with Gasteiger partial charge in [0.25, 0.3) is 0 Å². The zero-order chi connectivity index (χ0) is 20.1. The third-order valence-electron chi connectivity index (χ3n) is 5.19. The van der Waals surface area contributed by atoms with Crippen LogP contribution < -0.4 is 0 Å². The van der Waals surface area contributed by atoms with Crippen molar-refractivity contribution in [1.29, 1.82) is 0 Å². The van der Waals surface area contributed by atoms with E-state index in [-0.39, 0.29) is 11.7 Å². The van der Waals surface area contributed by atoms with E-state index in [9.17, 15) is 0 Å². The summed E-state index contributed by atoms with van der Waals surface area (Å²) in [5.41, 5.74) is 7.73. The number of fused-ring (bicyclic) bond motifs is 1. The SMILES string of the molecule is C=C1C=CC=C(Cc2cccc(C3OC(C)(C)Cc4ccccc43)c2)C1.CC. The lowest BCUT2D eigenvalue weighted by molar-refractivity contribution is -0.0668. The van der Waals surface area contributed by atoms with Gasteiger partial charge in [-0.3, -0.25) is 0 Å². The Morgan fingerprint density at radius 2 is 1.86 bits per heavy atom. The van der Waals surface area contributed by atoms with Crippen LogP contribution in [0, 0.1) is 0 Å². The third-order valence-corrected chi connectivity index (χ3v) is 5.19. The minimum Gasteiger partial charge on any atom is -0.363 e. The van der Waals surface area contributed by atoms with Crippen LogP contribution in [0.25, 0.3) is 0 Å². The molecular formula is C27H32O. The number of rotatable bonds is 3. The van der Waals surface area contributed by atoms with Crippen molar-refractivity contribution in [1.82, 2.24) is 0 Å². The molecule has 2 aliphatic rings. The minimum absolute atomic E-state index is 0.00472. The van der Waals surface area contributed by atoms with E-state index in [1.807, 2.05) is 13.8 Å². The largest absolute Gasteiger partial charge is 0.363 e. The lowest BCUT2D eigenvalue weighted by Crippen LogP contribution is -2.35. The summed E-state index contributed by atoms with van der Waals surface area (Å²) in [7, 11) is 0. The van der Waals surface area contributed by atoms with Crippen molar-refractivity contribution >= 4 is 0 Å². The van der Waals surface area contributed by atoms with Gasteiger partial charge >= 0.3 is 0 Å². The molecule has 2 aromatic carbocycles. The fourth-order valence-electron chi connectivity index (χ4n) is 4.06. The predicted molar refractivity (Wildman–Crippen MR) is 120 cm³/mol. The molecule has 0 saturated heterocycles. The Hall–Kier alpha value is -2.38. The van der Waals surface area contributed by atoms with Crippen molar-refractivity contribution in [2.45, 2.75) is 58.7 Å². The number of allylic oxidation sites excluding steroid dienone is 5. The fourth-order valence-corrected chi connectivity index (χ4v) is 4.06. The van der Waals surface area contributed by atoms with Crippen LogP contribution in [0.2, 0.25) is 0 Å². The maximum absolute atomic E-state index is 6.51. The van der Waals surface area contributed by atoms with Crippen molar-refractivity contribution in [2.75, 3.05) is 0 Å². The molecule has 1 aliphatic heterocycles. The van der Waals surface area contributed by atoms with Crippen LogP contribution in [-0.4, -0.2) is 5.60 Å². The molecule has 0 spiro atoms. The van der Waals surface area contributed by atoms with Gasteiger partial charge in [0.05, 0.1) is 5.60 Å². The van der Waals surface area contributed by atoms with Crippen LogP contribution in [0.5, 0.6) is 0 Å². The average molecular weight is 373 g/mol. The van der Waals surface area contributed by atoms with Crippen molar-refractivity contribution in [2.24, 2.45) is 0 Å². The van der Waals surface area contributed by atoms with Crippen molar-refractivity contribution in [3.63, 3.8) is 0 Å². The Bertz CT molecular complexity index is 898. The molecule has 0 fully saturated rings. The first-order valence-corrected chi connectivity index (χ1v) is 10.4. The third kappa shape index (κ3) is 4.72. The Morgan fingerprint density at radius 1 is 1.07 bits per heavy atom. The van der Waals surface area contributed by atoms with Crippen molar-refractivity contribution < 1.29 is 4.74 Å². The second-order valence-electron chi connectivity index (χ2n) is 8.07. The van der Waals surface area contributed by atoms with E-state index < -0.39 is 0 Å². The molecule has 28 heavy (non-hydrogen) atoms. The molecule has 0 bridgehead atoms. The van der Waals surface area contributed by atoms with E-state index in [4.69, 9.17) is 4.74 Å². The minimum atomic E-state index is -0.149. The number of hydrogen-bond donors (Lipinski definition) is 0. The first-order chi connectivity index (χ1) is 13.5. The van der Waals surface area contributed by atoms with Crippen molar-refractivity contribution in [3.8, 4) is 0 Å². The van der Waals surface area contributed by atoms with Gasteiger partial charge in [-0.05, 0) is 48.9 Å². The lowest BCUT2D eigenvalue weighted by Gasteiger charge is -2.38. The quantitative estimate of drug-likeness (QED) is 0.556. The number of benzene rings is 2. The highest BCUT2D eigenvalue weighted by atomic mass is 16.5. The van der Waals surface area contributed by atoms with Crippen LogP contribution >= 0.6 is 0 Å². The van der Waals surface area contributed by atoms with Gasteiger partial charge in [0.1, 0.15) is 6.10 Å². The van der Waals surface area contributed by atoms with Gasteiger partial charge in [-0.25, -0.2) is 0 Å². The Morgan fingerprint density at radius 3 is 2.64 bits per heavy atom. The Balaban J connectivity index is 0.00000109. The normalized spacial score (nSPS) is 19.9. The summed E-state index contributed by atoms with van der Waals surface area (Å²) in [6.07, 6.45) is 9.32. The highest BCUT2D eigenvalue weighted by Gasteiger charge is 2.33. The molecule has 1 atom stereocenters. The van der Waals surface area contributed by atoms with Gasteiger partial charge in [0, 0.05) is 6.42 Å². The van der Waals surface area contributed by atoms with Gasteiger partial charge in [-0.1, -0.05) is 98.3 Å².